The van der Waals surface area contributed by atoms with Crippen LogP contribution in [0.5, 0.6) is 0 Å². The van der Waals surface area contributed by atoms with Gasteiger partial charge in [-0.3, -0.25) is 4.68 Å². The zero-order valence-electron chi connectivity index (χ0n) is 15.2. The highest BCUT2D eigenvalue weighted by Gasteiger charge is 2.38. The molecule has 0 aromatic carbocycles. The number of carboxylic acid groups (broad SMARTS) is 1. The maximum atomic E-state index is 10.6. The van der Waals surface area contributed by atoms with Crippen molar-refractivity contribution < 1.29 is 23.1 Å². The van der Waals surface area contributed by atoms with Crippen LogP contribution in [0.3, 0.4) is 0 Å². The van der Waals surface area contributed by atoms with Gasteiger partial charge < -0.3 is 10.1 Å². The summed E-state index contributed by atoms with van der Waals surface area (Å²) in [5.41, 5.74) is 4.09. The Morgan fingerprint density at radius 1 is 1.37 bits per heavy atom. The number of nitrogens with zero attached hydrogens (tertiary/aromatic N) is 4. The molecule has 2 N–H and O–H groups in total. The standard InChI is InChI=1S/C17H13N5S.C2HF3O2/c18-5-1-16(12-4-8-23-11-12)22-10-13(9-21-22)14-2-6-19-17-15(14)3-7-20-17;3-2(4,5)1(6)7/h2-4,6-11,16H,1H2,(H,19,20);(H,6,7). The fourth-order valence-electron chi connectivity index (χ4n) is 2.78. The summed E-state index contributed by atoms with van der Waals surface area (Å²) in [6, 6.07) is 8.25. The van der Waals surface area contributed by atoms with Crippen LogP contribution in [0, 0.1) is 11.3 Å². The van der Waals surface area contributed by atoms with Crippen molar-refractivity contribution in [3.63, 3.8) is 0 Å². The summed E-state index contributed by atoms with van der Waals surface area (Å²) in [6.45, 7) is 0. The molecule has 0 aliphatic rings. The number of carboxylic acids is 1. The van der Waals surface area contributed by atoms with E-state index in [2.05, 4.69) is 26.5 Å². The number of alkyl halides is 3. The van der Waals surface area contributed by atoms with Crippen LogP contribution in [0.1, 0.15) is 18.0 Å². The number of aromatic amines is 1. The number of aliphatic carboxylic acids is 1. The lowest BCUT2D eigenvalue weighted by molar-refractivity contribution is -0.192. The minimum Gasteiger partial charge on any atom is -0.475 e. The van der Waals surface area contributed by atoms with Gasteiger partial charge in [0.25, 0.3) is 0 Å². The summed E-state index contributed by atoms with van der Waals surface area (Å²) < 4.78 is 33.6. The molecule has 4 aromatic heterocycles. The summed E-state index contributed by atoms with van der Waals surface area (Å²) >= 11 is 1.63. The Hall–Kier alpha value is -3.65. The van der Waals surface area contributed by atoms with Crippen LogP contribution >= 0.6 is 11.3 Å². The topological polar surface area (TPSA) is 108 Å². The second-order valence-electron chi connectivity index (χ2n) is 6.05. The number of thiophene rings is 1. The molecule has 0 spiro atoms. The van der Waals surface area contributed by atoms with E-state index in [1.54, 1.807) is 17.5 Å². The molecule has 1 atom stereocenters. The Morgan fingerprint density at radius 2 is 2.13 bits per heavy atom. The summed E-state index contributed by atoms with van der Waals surface area (Å²) in [6.07, 6.45) is 2.83. The van der Waals surface area contributed by atoms with Crippen LogP contribution in [-0.4, -0.2) is 37.0 Å². The van der Waals surface area contributed by atoms with Gasteiger partial charge in [0, 0.05) is 29.5 Å². The van der Waals surface area contributed by atoms with Gasteiger partial charge in [-0.25, -0.2) is 9.78 Å². The van der Waals surface area contributed by atoms with Crippen LogP contribution in [0.15, 0.2) is 53.7 Å². The molecule has 1 unspecified atom stereocenters. The third-order valence-electron chi connectivity index (χ3n) is 4.15. The van der Waals surface area contributed by atoms with Crippen molar-refractivity contribution in [1.82, 2.24) is 19.7 Å². The van der Waals surface area contributed by atoms with Gasteiger partial charge in [-0.05, 0) is 40.1 Å². The number of aromatic nitrogens is 4. The van der Waals surface area contributed by atoms with E-state index in [1.165, 1.54) is 0 Å². The summed E-state index contributed by atoms with van der Waals surface area (Å²) in [5, 5.41) is 25.9. The largest absolute Gasteiger partial charge is 0.490 e. The molecular weight excluding hydrogens is 419 g/mol. The second-order valence-corrected chi connectivity index (χ2v) is 6.83. The van der Waals surface area contributed by atoms with E-state index in [0.717, 1.165) is 27.7 Å². The van der Waals surface area contributed by atoms with E-state index >= 15 is 0 Å². The van der Waals surface area contributed by atoms with Crippen molar-refractivity contribution in [2.45, 2.75) is 18.6 Å². The number of halogens is 3. The minimum atomic E-state index is -5.08. The number of nitrogens with one attached hydrogen (secondary N) is 1. The molecule has 0 amide bonds. The third kappa shape index (κ3) is 4.66. The number of H-pyrrole nitrogens is 1. The molecule has 0 saturated carbocycles. The molecule has 4 heterocycles. The van der Waals surface area contributed by atoms with Gasteiger partial charge in [-0.2, -0.15) is 34.9 Å². The SMILES string of the molecule is N#CCC(c1ccsc1)n1cc(-c2ccnc3[nH]ccc23)cn1.O=C(O)C(F)(F)F. The van der Waals surface area contributed by atoms with E-state index < -0.39 is 12.1 Å². The van der Waals surface area contributed by atoms with Gasteiger partial charge in [0.1, 0.15) is 5.65 Å². The molecule has 30 heavy (non-hydrogen) atoms. The van der Waals surface area contributed by atoms with E-state index in [9.17, 15) is 13.2 Å². The van der Waals surface area contributed by atoms with Crippen molar-refractivity contribution in [1.29, 1.82) is 5.26 Å². The number of rotatable bonds is 4. The first-order chi connectivity index (χ1) is 14.3. The maximum absolute atomic E-state index is 10.6. The van der Waals surface area contributed by atoms with Crippen molar-refractivity contribution in [2.24, 2.45) is 0 Å². The normalized spacial score (nSPS) is 12.1. The van der Waals surface area contributed by atoms with Gasteiger partial charge in [0.15, 0.2) is 0 Å². The molecule has 0 fully saturated rings. The fraction of sp³-hybridized carbons (Fsp3) is 0.158. The average molecular weight is 433 g/mol. The van der Waals surface area contributed by atoms with Crippen LogP contribution in [0.4, 0.5) is 13.2 Å². The number of nitriles is 1. The van der Waals surface area contributed by atoms with Gasteiger partial charge in [0.2, 0.25) is 0 Å². The quantitative estimate of drug-likeness (QED) is 0.488. The smallest absolute Gasteiger partial charge is 0.475 e. The molecule has 154 valence electrons. The zero-order valence-corrected chi connectivity index (χ0v) is 16.0. The Bertz CT molecular complexity index is 1170. The van der Waals surface area contributed by atoms with Gasteiger partial charge >= 0.3 is 12.1 Å². The van der Waals surface area contributed by atoms with E-state index in [-0.39, 0.29) is 6.04 Å². The van der Waals surface area contributed by atoms with Crippen LogP contribution < -0.4 is 0 Å². The molecule has 11 heteroatoms. The molecule has 4 aromatic rings. The van der Waals surface area contributed by atoms with Crippen molar-refractivity contribution in [2.75, 3.05) is 0 Å². The van der Waals surface area contributed by atoms with Gasteiger partial charge in [-0.1, -0.05) is 0 Å². The lowest BCUT2D eigenvalue weighted by Gasteiger charge is -2.12. The van der Waals surface area contributed by atoms with Crippen LogP contribution in [0.25, 0.3) is 22.2 Å². The monoisotopic (exact) mass is 433 g/mol. The van der Waals surface area contributed by atoms with Crippen LogP contribution in [-0.2, 0) is 4.79 Å². The molecule has 0 aliphatic heterocycles. The first kappa shape index (κ1) is 21.1. The molecule has 0 radical (unpaired) electrons. The first-order valence-corrected chi connectivity index (χ1v) is 9.41. The predicted octanol–water partition coefficient (Wildman–Crippen LogP) is 4.62. The number of hydrogen-bond donors (Lipinski definition) is 2. The van der Waals surface area contributed by atoms with Crippen molar-refractivity contribution in [3.8, 4) is 17.2 Å². The number of carbonyl (C=O) groups is 1. The Balaban J connectivity index is 0.000000318. The van der Waals surface area contributed by atoms with E-state index in [1.807, 2.05) is 46.9 Å². The van der Waals surface area contributed by atoms with Crippen molar-refractivity contribution in [3.05, 3.63) is 59.3 Å². The molecule has 4 rings (SSSR count). The highest BCUT2D eigenvalue weighted by atomic mass is 32.1. The number of hydrogen-bond acceptors (Lipinski definition) is 5. The summed E-state index contributed by atoms with van der Waals surface area (Å²) in [7, 11) is 0. The summed E-state index contributed by atoms with van der Waals surface area (Å²) in [4.78, 5) is 16.3. The molecular formula is C19H14F3N5O2S. The van der Waals surface area contributed by atoms with E-state index in [4.69, 9.17) is 15.2 Å². The fourth-order valence-corrected chi connectivity index (χ4v) is 3.48. The number of fused-ring (bicyclic) bond motifs is 1. The molecule has 0 saturated heterocycles. The third-order valence-corrected chi connectivity index (χ3v) is 4.85. The van der Waals surface area contributed by atoms with Crippen molar-refractivity contribution >= 4 is 28.3 Å². The first-order valence-electron chi connectivity index (χ1n) is 8.47. The number of pyridine rings is 1. The van der Waals surface area contributed by atoms with E-state index in [0.29, 0.717) is 6.42 Å². The minimum absolute atomic E-state index is 0.0523. The predicted molar refractivity (Wildman–Crippen MR) is 104 cm³/mol. The average Bonchev–Trinajstić information content (AvgIpc) is 3.47. The Labute approximate surface area is 172 Å². The highest BCUT2D eigenvalue weighted by molar-refractivity contribution is 7.08. The zero-order chi connectivity index (χ0) is 21.7. The molecule has 7 nitrogen and oxygen atoms in total. The lowest BCUT2D eigenvalue weighted by Crippen LogP contribution is -2.21. The second kappa shape index (κ2) is 8.79. The van der Waals surface area contributed by atoms with Crippen LogP contribution in [0.2, 0.25) is 0 Å². The summed E-state index contributed by atoms with van der Waals surface area (Å²) in [5.74, 6) is -2.76. The lowest BCUT2D eigenvalue weighted by atomic mass is 10.1. The Morgan fingerprint density at radius 3 is 2.77 bits per heavy atom. The molecule has 0 aliphatic carbocycles. The molecule has 0 bridgehead atoms. The Kier molecular flexibility index (Phi) is 6.17. The maximum Gasteiger partial charge on any atom is 0.490 e. The van der Waals surface area contributed by atoms with Gasteiger partial charge in [0.05, 0.1) is 24.7 Å². The van der Waals surface area contributed by atoms with Gasteiger partial charge in [-0.15, -0.1) is 0 Å². The highest BCUT2D eigenvalue weighted by Crippen LogP contribution is 2.29.